The summed E-state index contributed by atoms with van der Waals surface area (Å²) < 4.78 is 39.8. The predicted octanol–water partition coefficient (Wildman–Crippen LogP) is 4.71. The third-order valence-corrected chi connectivity index (χ3v) is 3.69. The van der Waals surface area contributed by atoms with Crippen LogP contribution in [0, 0.1) is 6.92 Å². The predicted molar refractivity (Wildman–Crippen MR) is 79.7 cm³/mol. The summed E-state index contributed by atoms with van der Waals surface area (Å²) in [6.45, 7) is 4.67. The lowest BCUT2D eigenvalue weighted by Crippen LogP contribution is -2.14. The maximum atomic E-state index is 12.6. The second kappa shape index (κ2) is 6.58. The first kappa shape index (κ1) is 17.0. The maximum Gasteiger partial charge on any atom is 0.416 e. The molecule has 0 radical (unpaired) electrons. The van der Waals surface area contributed by atoms with Gasteiger partial charge < -0.3 is 4.57 Å². The third-order valence-electron chi connectivity index (χ3n) is 2.71. The van der Waals surface area contributed by atoms with Gasteiger partial charge in [0.1, 0.15) is 0 Å². The fourth-order valence-electron chi connectivity index (χ4n) is 1.75. The van der Waals surface area contributed by atoms with Gasteiger partial charge in [-0.15, -0.1) is 28.3 Å². The summed E-state index contributed by atoms with van der Waals surface area (Å²) in [4.78, 5) is 5.00. The van der Waals surface area contributed by atoms with E-state index in [0.29, 0.717) is 10.5 Å². The van der Waals surface area contributed by atoms with Crippen LogP contribution >= 0.6 is 28.3 Å². The lowest BCUT2D eigenvalue weighted by atomic mass is 10.2. The highest BCUT2D eigenvalue weighted by Gasteiger charge is 2.30. The number of aryl methyl sites for hydroxylation is 1. The van der Waals surface area contributed by atoms with Gasteiger partial charge in [0, 0.05) is 17.6 Å². The van der Waals surface area contributed by atoms with Crippen LogP contribution < -0.4 is 4.80 Å². The summed E-state index contributed by atoms with van der Waals surface area (Å²) in [7, 11) is 0. The average molecular weight is 367 g/mol. The summed E-state index contributed by atoms with van der Waals surface area (Å²) in [5.74, 6) is 0. The topological polar surface area (TPSA) is 17.3 Å². The molecule has 20 heavy (non-hydrogen) atoms. The summed E-state index contributed by atoms with van der Waals surface area (Å²) in [6, 6.07) is 5.06. The molecule has 0 unspecified atom stereocenters. The molecule has 1 heterocycles. The number of alkyl halides is 3. The number of nitrogens with zero attached hydrogens (tertiary/aromatic N) is 2. The van der Waals surface area contributed by atoms with Gasteiger partial charge in [-0.05, 0) is 32.0 Å². The van der Waals surface area contributed by atoms with Crippen LogP contribution in [-0.2, 0) is 12.7 Å². The van der Waals surface area contributed by atoms with Crippen molar-refractivity contribution in [3.63, 3.8) is 0 Å². The van der Waals surface area contributed by atoms with Crippen LogP contribution in [-0.4, -0.2) is 4.57 Å². The number of thiazole rings is 1. The summed E-state index contributed by atoms with van der Waals surface area (Å²) in [6.07, 6.45) is -4.34. The van der Waals surface area contributed by atoms with Crippen molar-refractivity contribution in [3.8, 4) is 0 Å². The molecule has 0 atom stereocenters. The number of halogens is 4. The molecule has 110 valence electrons. The van der Waals surface area contributed by atoms with Gasteiger partial charge in [0.05, 0.1) is 11.3 Å². The molecule has 0 aliphatic rings. The molecular weight excluding hydrogens is 353 g/mol. The Morgan fingerprint density at radius 1 is 1.30 bits per heavy atom. The molecule has 0 amide bonds. The first-order valence-electron chi connectivity index (χ1n) is 5.78. The van der Waals surface area contributed by atoms with Crippen LogP contribution in [0.1, 0.15) is 18.2 Å². The molecule has 2 rings (SSSR count). The van der Waals surface area contributed by atoms with Gasteiger partial charge in [0.2, 0.25) is 0 Å². The van der Waals surface area contributed by atoms with E-state index in [1.54, 1.807) is 6.07 Å². The van der Waals surface area contributed by atoms with Crippen LogP contribution in [0.4, 0.5) is 18.9 Å². The molecule has 1 aromatic heterocycles. The maximum absolute atomic E-state index is 12.6. The van der Waals surface area contributed by atoms with Crippen molar-refractivity contribution in [1.82, 2.24) is 4.57 Å². The van der Waals surface area contributed by atoms with Gasteiger partial charge >= 0.3 is 6.18 Å². The van der Waals surface area contributed by atoms with Crippen molar-refractivity contribution in [3.05, 3.63) is 45.7 Å². The highest BCUT2D eigenvalue weighted by molar-refractivity contribution is 8.93. The minimum Gasteiger partial charge on any atom is -0.321 e. The Morgan fingerprint density at radius 3 is 2.60 bits per heavy atom. The first-order chi connectivity index (χ1) is 8.91. The first-order valence-corrected chi connectivity index (χ1v) is 6.66. The Balaban J connectivity index is 0.00000200. The largest absolute Gasteiger partial charge is 0.416 e. The van der Waals surface area contributed by atoms with Crippen LogP contribution in [0.25, 0.3) is 0 Å². The average Bonchev–Trinajstić information content (AvgIpc) is 2.69. The van der Waals surface area contributed by atoms with Crippen molar-refractivity contribution >= 4 is 34.0 Å². The fraction of sp³-hybridized carbons (Fsp3) is 0.308. The number of hydrogen-bond acceptors (Lipinski definition) is 2. The molecule has 0 N–H and O–H groups in total. The molecule has 7 heteroatoms. The molecule has 0 spiro atoms. The van der Waals surface area contributed by atoms with E-state index < -0.39 is 11.7 Å². The van der Waals surface area contributed by atoms with Crippen molar-refractivity contribution < 1.29 is 13.2 Å². The lowest BCUT2D eigenvalue weighted by Gasteiger charge is -2.06. The Hall–Kier alpha value is -1.08. The third kappa shape index (κ3) is 3.73. The van der Waals surface area contributed by atoms with E-state index in [9.17, 15) is 13.2 Å². The van der Waals surface area contributed by atoms with Crippen LogP contribution in [0.15, 0.2) is 34.6 Å². The molecule has 2 aromatic rings. The molecular formula is C13H14BrF3N2S. The van der Waals surface area contributed by atoms with Crippen LogP contribution in [0.3, 0.4) is 0 Å². The van der Waals surface area contributed by atoms with E-state index >= 15 is 0 Å². The van der Waals surface area contributed by atoms with E-state index in [1.165, 1.54) is 17.4 Å². The van der Waals surface area contributed by atoms with E-state index in [0.717, 1.165) is 24.4 Å². The van der Waals surface area contributed by atoms with Gasteiger partial charge in [-0.2, -0.15) is 13.2 Å². The number of rotatable bonds is 2. The smallest absolute Gasteiger partial charge is 0.321 e. The Morgan fingerprint density at radius 2 is 2.00 bits per heavy atom. The molecule has 0 fully saturated rings. The lowest BCUT2D eigenvalue weighted by molar-refractivity contribution is -0.137. The molecule has 0 saturated carbocycles. The number of benzene rings is 1. The molecule has 0 aliphatic heterocycles. The van der Waals surface area contributed by atoms with Crippen molar-refractivity contribution in [2.45, 2.75) is 26.6 Å². The zero-order valence-electron chi connectivity index (χ0n) is 10.9. The van der Waals surface area contributed by atoms with E-state index in [1.807, 2.05) is 23.8 Å². The molecule has 0 aliphatic carbocycles. The standard InChI is InChI=1S/C13H13F3N2S.BrH/c1-3-18-9(2)8-19-12(18)17-11-6-4-5-10(7-11)13(14,15)16;/h4-8H,3H2,1-2H3;1H. The second-order valence-corrected chi connectivity index (χ2v) is 4.90. The highest BCUT2D eigenvalue weighted by atomic mass is 79.9. The fourth-order valence-corrected chi connectivity index (χ4v) is 2.71. The Bertz CT molecular complexity index is 644. The Labute approximate surface area is 129 Å². The number of aromatic nitrogens is 1. The summed E-state index contributed by atoms with van der Waals surface area (Å²) >= 11 is 1.42. The molecule has 1 aromatic carbocycles. The zero-order valence-corrected chi connectivity index (χ0v) is 13.5. The minimum atomic E-state index is -4.34. The van der Waals surface area contributed by atoms with E-state index in [-0.39, 0.29) is 17.0 Å². The van der Waals surface area contributed by atoms with Crippen LogP contribution in [0.2, 0.25) is 0 Å². The molecule has 0 bridgehead atoms. The van der Waals surface area contributed by atoms with Gasteiger partial charge in [0.25, 0.3) is 0 Å². The van der Waals surface area contributed by atoms with Crippen molar-refractivity contribution in [2.75, 3.05) is 0 Å². The van der Waals surface area contributed by atoms with Gasteiger partial charge in [-0.3, -0.25) is 0 Å². The van der Waals surface area contributed by atoms with E-state index in [2.05, 4.69) is 4.99 Å². The normalized spacial score (nSPS) is 12.3. The second-order valence-electron chi connectivity index (χ2n) is 4.06. The SMILES string of the molecule is Br.CCn1c(C)csc1=Nc1cccc(C(F)(F)F)c1. The Kier molecular flexibility index (Phi) is 5.59. The zero-order chi connectivity index (χ0) is 14.0. The van der Waals surface area contributed by atoms with Gasteiger partial charge in [0.15, 0.2) is 4.80 Å². The van der Waals surface area contributed by atoms with Crippen molar-refractivity contribution in [2.24, 2.45) is 4.99 Å². The minimum absolute atomic E-state index is 0. The quantitative estimate of drug-likeness (QED) is 0.732. The number of hydrogen-bond donors (Lipinski definition) is 0. The summed E-state index contributed by atoms with van der Waals surface area (Å²) in [5, 5.41) is 1.94. The monoisotopic (exact) mass is 366 g/mol. The van der Waals surface area contributed by atoms with Gasteiger partial charge in [-0.25, -0.2) is 4.99 Å². The molecule has 2 nitrogen and oxygen atoms in total. The molecule has 0 saturated heterocycles. The van der Waals surface area contributed by atoms with Crippen LogP contribution in [0.5, 0.6) is 0 Å². The summed E-state index contributed by atoms with van der Waals surface area (Å²) in [5.41, 5.74) is 0.696. The van der Waals surface area contributed by atoms with E-state index in [4.69, 9.17) is 0 Å². The van der Waals surface area contributed by atoms with Gasteiger partial charge in [-0.1, -0.05) is 6.07 Å². The van der Waals surface area contributed by atoms with Crippen molar-refractivity contribution in [1.29, 1.82) is 0 Å². The highest BCUT2D eigenvalue weighted by Crippen LogP contribution is 2.31.